The molecule has 0 aliphatic heterocycles. The maximum absolute atomic E-state index is 10.5. The third-order valence-corrected chi connectivity index (χ3v) is 4.93. The molecule has 0 bridgehead atoms. The monoisotopic (exact) mass is 326 g/mol. The van der Waals surface area contributed by atoms with Crippen molar-refractivity contribution in [3.8, 4) is 11.5 Å². The largest absolute Gasteiger partial charge is 0.503 e. The standard InChI is InChI=1S/C15H19BrO3/c1-14(2)5-6-15(3,4)11-9(14)7-10(19-8-17)13(18)12(11)16/h7-8,18H,5-6H2,1-4H3. The summed E-state index contributed by atoms with van der Waals surface area (Å²) in [5, 5.41) is 10.2. The average Bonchev–Trinajstić information content (AvgIpc) is 2.31. The number of carbonyl (C=O) groups excluding carboxylic acids is 1. The summed E-state index contributed by atoms with van der Waals surface area (Å²) in [6, 6.07) is 1.80. The fourth-order valence-corrected chi connectivity index (χ4v) is 3.78. The normalized spacial score (nSPS) is 19.6. The van der Waals surface area contributed by atoms with Gasteiger partial charge in [0.1, 0.15) is 0 Å². The highest BCUT2D eigenvalue weighted by molar-refractivity contribution is 9.10. The second-order valence-corrected chi connectivity index (χ2v) is 7.23. The Bertz CT molecular complexity index is 533. The molecule has 1 aromatic rings. The zero-order chi connectivity index (χ0) is 14.4. The first-order valence-corrected chi connectivity index (χ1v) is 7.17. The van der Waals surface area contributed by atoms with Gasteiger partial charge in [-0.3, -0.25) is 4.79 Å². The van der Waals surface area contributed by atoms with E-state index in [1.165, 1.54) is 0 Å². The second kappa shape index (κ2) is 4.51. The molecule has 19 heavy (non-hydrogen) atoms. The Morgan fingerprint density at radius 1 is 1.26 bits per heavy atom. The number of carbonyl (C=O) groups is 1. The van der Waals surface area contributed by atoms with Crippen LogP contribution in [0.4, 0.5) is 0 Å². The smallest absolute Gasteiger partial charge is 0.298 e. The molecule has 0 atom stereocenters. The number of benzene rings is 1. The zero-order valence-corrected chi connectivity index (χ0v) is 13.3. The van der Waals surface area contributed by atoms with Crippen molar-refractivity contribution in [1.82, 2.24) is 0 Å². The van der Waals surface area contributed by atoms with Gasteiger partial charge in [0.25, 0.3) is 6.47 Å². The van der Waals surface area contributed by atoms with Gasteiger partial charge in [-0.2, -0.15) is 0 Å². The lowest BCUT2D eigenvalue weighted by molar-refractivity contribution is -0.120. The number of fused-ring (bicyclic) bond motifs is 1. The molecule has 3 nitrogen and oxygen atoms in total. The number of rotatable bonds is 2. The van der Waals surface area contributed by atoms with Gasteiger partial charge in [0.15, 0.2) is 11.5 Å². The van der Waals surface area contributed by atoms with Gasteiger partial charge in [-0.15, -0.1) is 0 Å². The molecule has 0 saturated heterocycles. The summed E-state index contributed by atoms with van der Waals surface area (Å²) in [6.45, 7) is 9.04. The Hall–Kier alpha value is -1.03. The molecule has 0 unspecified atom stereocenters. The summed E-state index contributed by atoms with van der Waals surface area (Å²) >= 11 is 3.47. The summed E-state index contributed by atoms with van der Waals surface area (Å²) in [7, 11) is 0. The first kappa shape index (κ1) is 14.4. The molecule has 2 rings (SSSR count). The first-order valence-electron chi connectivity index (χ1n) is 6.37. The highest BCUT2D eigenvalue weighted by Gasteiger charge is 2.40. The summed E-state index contributed by atoms with van der Waals surface area (Å²) in [6.07, 6.45) is 2.11. The van der Waals surface area contributed by atoms with Gasteiger partial charge in [0.2, 0.25) is 0 Å². The number of phenolic OH excluding ortho intramolecular Hbond substituents is 1. The van der Waals surface area contributed by atoms with Crippen LogP contribution in [0.2, 0.25) is 0 Å². The Morgan fingerprint density at radius 3 is 2.42 bits per heavy atom. The van der Waals surface area contributed by atoms with Crippen LogP contribution >= 0.6 is 15.9 Å². The van der Waals surface area contributed by atoms with Crippen LogP contribution in [0.1, 0.15) is 51.7 Å². The van der Waals surface area contributed by atoms with E-state index in [4.69, 9.17) is 4.74 Å². The molecule has 1 aliphatic carbocycles. The van der Waals surface area contributed by atoms with Crippen molar-refractivity contribution in [2.75, 3.05) is 0 Å². The summed E-state index contributed by atoms with van der Waals surface area (Å²) < 4.78 is 5.52. The molecule has 0 fully saturated rings. The van der Waals surface area contributed by atoms with Gasteiger partial charge in [0, 0.05) is 0 Å². The first-order chi connectivity index (χ1) is 8.70. The van der Waals surface area contributed by atoms with Crippen molar-refractivity contribution in [3.63, 3.8) is 0 Å². The third-order valence-electron chi connectivity index (χ3n) is 4.16. The van der Waals surface area contributed by atoms with Crippen LogP contribution in [0.15, 0.2) is 10.5 Å². The predicted octanol–water partition coefficient (Wildman–Crippen LogP) is 4.04. The van der Waals surface area contributed by atoms with E-state index in [0.29, 0.717) is 10.9 Å². The van der Waals surface area contributed by atoms with E-state index in [0.717, 1.165) is 24.0 Å². The molecule has 1 aliphatic rings. The SMILES string of the molecule is CC1(C)CCC(C)(C)c2c1cc(OC=O)c(O)c2Br. The lowest BCUT2D eigenvalue weighted by atomic mass is 9.63. The maximum Gasteiger partial charge on any atom is 0.298 e. The highest BCUT2D eigenvalue weighted by Crippen LogP contribution is 2.53. The average molecular weight is 327 g/mol. The number of ether oxygens (including phenoxy) is 1. The number of halogens is 1. The van der Waals surface area contributed by atoms with Crippen molar-refractivity contribution >= 4 is 22.4 Å². The minimum absolute atomic E-state index is 0.00205. The van der Waals surface area contributed by atoms with Crippen molar-refractivity contribution in [2.45, 2.75) is 51.4 Å². The van der Waals surface area contributed by atoms with E-state index in [2.05, 4.69) is 43.6 Å². The van der Waals surface area contributed by atoms with Gasteiger partial charge >= 0.3 is 0 Å². The predicted molar refractivity (Wildman–Crippen MR) is 77.8 cm³/mol. The molecular formula is C15H19BrO3. The minimum atomic E-state index is -0.0130. The van der Waals surface area contributed by atoms with Crippen LogP contribution in [0.3, 0.4) is 0 Å². The van der Waals surface area contributed by atoms with Crippen LogP contribution in [0.5, 0.6) is 11.5 Å². The fourth-order valence-electron chi connectivity index (χ4n) is 2.84. The van der Waals surface area contributed by atoms with Gasteiger partial charge in [0.05, 0.1) is 4.47 Å². The van der Waals surface area contributed by atoms with E-state index in [9.17, 15) is 9.90 Å². The molecule has 1 N–H and O–H groups in total. The zero-order valence-electron chi connectivity index (χ0n) is 11.7. The molecule has 4 heteroatoms. The Kier molecular flexibility index (Phi) is 3.42. The number of hydrogen-bond acceptors (Lipinski definition) is 3. The van der Waals surface area contributed by atoms with Gasteiger partial charge in [-0.1, -0.05) is 27.7 Å². The molecule has 0 spiro atoms. The lowest BCUT2D eigenvalue weighted by Gasteiger charge is -2.42. The van der Waals surface area contributed by atoms with E-state index < -0.39 is 0 Å². The number of aromatic hydroxyl groups is 1. The summed E-state index contributed by atoms with van der Waals surface area (Å²) in [5.41, 5.74) is 2.23. The molecule has 0 saturated carbocycles. The molecule has 0 heterocycles. The number of phenols is 1. The Labute approximate surface area is 122 Å². The number of hydrogen-bond donors (Lipinski definition) is 1. The van der Waals surface area contributed by atoms with Crippen LogP contribution in [0.25, 0.3) is 0 Å². The van der Waals surface area contributed by atoms with Crippen molar-refractivity contribution in [2.24, 2.45) is 0 Å². The lowest BCUT2D eigenvalue weighted by Crippen LogP contribution is -2.34. The van der Waals surface area contributed by atoms with Crippen LogP contribution < -0.4 is 4.74 Å². The quantitative estimate of drug-likeness (QED) is 0.834. The topological polar surface area (TPSA) is 46.5 Å². The fraction of sp³-hybridized carbons (Fsp3) is 0.533. The minimum Gasteiger partial charge on any atom is -0.503 e. The molecule has 0 radical (unpaired) electrons. The van der Waals surface area contributed by atoms with E-state index in [-0.39, 0.29) is 22.3 Å². The van der Waals surface area contributed by atoms with Crippen LogP contribution in [-0.4, -0.2) is 11.6 Å². The molecule has 1 aromatic carbocycles. The third kappa shape index (κ3) is 2.27. The maximum atomic E-state index is 10.5. The van der Waals surface area contributed by atoms with Crippen molar-refractivity contribution < 1.29 is 14.6 Å². The van der Waals surface area contributed by atoms with E-state index in [1.54, 1.807) is 6.07 Å². The highest BCUT2D eigenvalue weighted by atomic mass is 79.9. The summed E-state index contributed by atoms with van der Waals surface area (Å²) in [4.78, 5) is 10.5. The Morgan fingerprint density at radius 2 is 1.84 bits per heavy atom. The molecule has 0 amide bonds. The molecule has 104 valence electrons. The molecule has 0 aromatic heterocycles. The van der Waals surface area contributed by atoms with Gasteiger partial charge in [-0.05, 0) is 56.8 Å². The van der Waals surface area contributed by atoms with E-state index >= 15 is 0 Å². The van der Waals surface area contributed by atoms with E-state index in [1.807, 2.05) is 0 Å². The van der Waals surface area contributed by atoms with Crippen LogP contribution in [0, 0.1) is 0 Å². The molecular weight excluding hydrogens is 308 g/mol. The van der Waals surface area contributed by atoms with Gasteiger partial charge < -0.3 is 9.84 Å². The summed E-state index contributed by atoms with van der Waals surface area (Å²) in [5.74, 6) is 0.211. The second-order valence-electron chi connectivity index (χ2n) is 6.44. The van der Waals surface area contributed by atoms with Crippen molar-refractivity contribution in [3.05, 3.63) is 21.7 Å². The van der Waals surface area contributed by atoms with Gasteiger partial charge in [-0.25, -0.2) is 0 Å². The Balaban J connectivity index is 2.76. The van der Waals surface area contributed by atoms with Crippen molar-refractivity contribution in [1.29, 1.82) is 0 Å². The van der Waals surface area contributed by atoms with Crippen LogP contribution in [-0.2, 0) is 15.6 Å².